The fraction of sp³-hybridized carbons (Fsp3) is 0.200. The highest BCUT2D eigenvalue weighted by molar-refractivity contribution is 5.96. The molecule has 66 valence electrons. The smallest absolute Gasteiger partial charge is 0.163 e. The van der Waals surface area contributed by atoms with Crippen molar-refractivity contribution in [3.05, 3.63) is 35.6 Å². The summed E-state index contributed by atoms with van der Waals surface area (Å²) in [6.07, 6.45) is 0.401. The van der Waals surface area contributed by atoms with E-state index >= 15 is 0 Å². The van der Waals surface area contributed by atoms with Crippen LogP contribution in [0, 0.1) is 17.1 Å². The second kappa shape index (κ2) is 4.36. The molecular weight excluding hydrogens is 169 g/mol. The molecule has 0 unspecified atom stereocenters. The summed E-state index contributed by atoms with van der Waals surface area (Å²) in [6.45, 7) is 0. The number of nitrogens with zero attached hydrogens (tertiary/aromatic N) is 1. The maximum atomic E-state index is 12.4. The van der Waals surface area contributed by atoms with Crippen molar-refractivity contribution in [2.24, 2.45) is 0 Å². The quantitative estimate of drug-likeness (QED) is 0.664. The van der Waals surface area contributed by atoms with Gasteiger partial charge in [0.2, 0.25) is 0 Å². The van der Waals surface area contributed by atoms with Crippen molar-refractivity contribution in [1.82, 2.24) is 0 Å². The molecule has 0 atom stereocenters. The highest BCUT2D eigenvalue weighted by Crippen LogP contribution is 2.06. The van der Waals surface area contributed by atoms with Gasteiger partial charge in [0, 0.05) is 18.4 Å². The molecule has 13 heavy (non-hydrogen) atoms. The number of hydrogen-bond acceptors (Lipinski definition) is 2. The normalized spacial score (nSPS) is 9.23. The molecule has 0 amide bonds. The molecule has 0 aliphatic rings. The predicted octanol–water partition coefficient (Wildman–Crippen LogP) is 2.31. The number of Topliss-reactive ketones (excluding diaryl/α,β-unsaturated/α-hetero) is 1. The average molecular weight is 177 g/mol. The van der Waals surface area contributed by atoms with E-state index in [9.17, 15) is 9.18 Å². The zero-order valence-electron chi connectivity index (χ0n) is 6.96. The Kier molecular flexibility index (Phi) is 3.15. The van der Waals surface area contributed by atoms with Crippen molar-refractivity contribution in [3.8, 4) is 6.07 Å². The topological polar surface area (TPSA) is 40.9 Å². The van der Waals surface area contributed by atoms with Gasteiger partial charge in [0.1, 0.15) is 5.82 Å². The molecule has 0 aliphatic carbocycles. The molecule has 0 spiro atoms. The van der Waals surface area contributed by atoms with Crippen LogP contribution >= 0.6 is 0 Å². The Balaban J connectivity index is 2.68. The molecule has 1 aromatic rings. The Hall–Kier alpha value is -1.69. The van der Waals surface area contributed by atoms with E-state index in [1.54, 1.807) is 0 Å². The first-order valence-corrected chi connectivity index (χ1v) is 3.90. The first kappa shape index (κ1) is 9.40. The third-order valence-corrected chi connectivity index (χ3v) is 1.63. The minimum Gasteiger partial charge on any atom is -0.294 e. The van der Waals surface area contributed by atoms with Crippen molar-refractivity contribution in [2.75, 3.05) is 0 Å². The largest absolute Gasteiger partial charge is 0.294 e. The summed E-state index contributed by atoms with van der Waals surface area (Å²) in [6, 6.07) is 7.21. The van der Waals surface area contributed by atoms with Gasteiger partial charge in [0.15, 0.2) is 5.78 Å². The lowest BCUT2D eigenvalue weighted by atomic mass is 10.1. The fourth-order valence-electron chi connectivity index (χ4n) is 0.950. The standard InChI is InChI=1S/C10H8FNO/c11-9-5-3-8(4-6-9)10(13)2-1-7-12/h3-6H,1-2H2. The molecule has 0 heterocycles. The number of hydrogen-bond donors (Lipinski definition) is 0. The summed E-state index contributed by atoms with van der Waals surface area (Å²) in [7, 11) is 0. The first-order valence-electron chi connectivity index (χ1n) is 3.90. The number of benzene rings is 1. The minimum atomic E-state index is -0.364. The van der Waals surface area contributed by atoms with Gasteiger partial charge in [-0.05, 0) is 24.3 Å². The Morgan fingerprint density at radius 3 is 2.54 bits per heavy atom. The molecule has 0 fully saturated rings. The van der Waals surface area contributed by atoms with E-state index < -0.39 is 0 Å². The molecule has 0 aromatic heterocycles. The van der Waals surface area contributed by atoms with Gasteiger partial charge in [-0.3, -0.25) is 4.79 Å². The summed E-state index contributed by atoms with van der Waals surface area (Å²) < 4.78 is 12.4. The van der Waals surface area contributed by atoms with Crippen LogP contribution in [0.4, 0.5) is 4.39 Å². The lowest BCUT2D eigenvalue weighted by Gasteiger charge is -1.96. The van der Waals surface area contributed by atoms with E-state index in [4.69, 9.17) is 5.26 Å². The van der Waals surface area contributed by atoms with Gasteiger partial charge in [-0.25, -0.2) is 4.39 Å². The summed E-state index contributed by atoms with van der Waals surface area (Å²) in [4.78, 5) is 11.2. The first-order chi connectivity index (χ1) is 6.24. The Bertz CT molecular complexity index is 337. The van der Waals surface area contributed by atoms with Gasteiger partial charge in [0.05, 0.1) is 6.07 Å². The van der Waals surface area contributed by atoms with E-state index in [-0.39, 0.29) is 24.4 Å². The van der Waals surface area contributed by atoms with Gasteiger partial charge in [-0.15, -0.1) is 0 Å². The number of nitriles is 1. The van der Waals surface area contributed by atoms with Crippen LogP contribution in [0.2, 0.25) is 0 Å². The van der Waals surface area contributed by atoms with Gasteiger partial charge in [-0.1, -0.05) is 0 Å². The van der Waals surface area contributed by atoms with Crippen molar-refractivity contribution < 1.29 is 9.18 Å². The zero-order valence-corrected chi connectivity index (χ0v) is 6.96. The third-order valence-electron chi connectivity index (χ3n) is 1.63. The van der Waals surface area contributed by atoms with E-state index in [1.807, 2.05) is 6.07 Å². The Labute approximate surface area is 75.6 Å². The van der Waals surface area contributed by atoms with Crippen LogP contribution in [0.1, 0.15) is 23.2 Å². The summed E-state index contributed by atoms with van der Waals surface area (Å²) in [5.74, 6) is -0.488. The number of carbonyl (C=O) groups is 1. The van der Waals surface area contributed by atoms with Gasteiger partial charge < -0.3 is 0 Å². The molecule has 0 saturated carbocycles. The number of halogens is 1. The van der Waals surface area contributed by atoms with Crippen LogP contribution < -0.4 is 0 Å². The zero-order chi connectivity index (χ0) is 9.68. The number of carbonyl (C=O) groups excluding carboxylic acids is 1. The van der Waals surface area contributed by atoms with Crippen molar-refractivity contribution in [2.45, 2.75) is 12.8 Å². The van der Waals surface area contributed by atoms with Crippen LogP contribution in [0.15, 0.2) is 24.3 Å². The van der Waals surface area contributed by atoms with E-state index in [0.717, 1.165) is 0 Å². The summed E-state index contributed by atoms with van der Waals surface area (Å²) >= 11 is 0. The van der Waals surface area contributed by atoms with Crippen LogP contribution in [0.3, 0.4) is 0 Å². The lowest BCUT2D eigenvalue weighted by molar-refractivity contribution is 0.0984. The fourth-order valence-corrected chi connectivity index (χ4v) is 0.950. The lowest BCUT2D eigenvalue weighted by Crippen LogP contribution is -1.97. The molecular formula is C10H8FNO. The summed E-state index contributed by atoms with van der Waals surface area (Å²) in [5, 5.41) is 8.24. The highest BCUT2D eigenvalue weighted by Gasteiger charge is 2.04. The van der Waals surface area contributed by atoms with Crippen LogP contribution in [-0.2, 0) is 0 Å². The predicted molar refractivity (Wildman–Crippen MR) is 45.6 cm³/mol. The van der Waals surface area contributed by atoms with Crippen LogP contribution in [0.25, 0.3) is 0 Å². The molecule has 1 aromatic carbocycles. The molecule has 0 N–H and O–H groups in total. The maximum absolute atomic E-state index is 12.4. The van der Waals surface area contributed by atoms with Crippen molar-refractivity contribution >= 4 is 5.78 Å². The second-order valence-electron chi connectivity index (χ2n) is 2.59. The Morgan fingerprint density at radius 1 is 1.38 bits per heavy atom. The maximum Gasteiger partial charge on any atom is 0.163 e. The molecule has 0 bridgehead atoms. The number of ketones is 1. The number of rotatable bonds is 3. The third kappa shape index (κ3) is 2.68. The van der Waals surface area contributed by atoms with Gasteiger partial charge in [0.25, 0.3) is 0 Å². The van der Waals surface area contributed by atoms with E-state index in [0.29, 0.717) is 5.56 Å². The van der Waals surface area contributed by atoms with E-state index in [2.05, 4.69) is 0 Å². The average Bonchev–Trinajstić information content (AvgIpc) is 2.15. The van der Waals surface area contributed by atoms with Crippen LogP contribution in [-0.4, -0.2) is 5.78 Å². The van der Waals surface area contributed by atoms with Crippen molar-refractivity contribution in [3.63, 3.8) is 0 Å². The molecule has 2 nitrogen and oxygen atoms in total. The molecule has 0 saturated heterocycles. The molecule has 0 aliphatic heterocycles. The monoisotopic (exact) mass is 177 g/mol. The summed E-state index contributed by atoms with van der Waals surface area (Å²) in [5.41, 5.74) is 0.455. The highest BCUT2D eigenvalue weighted by atomic mass is 19.1. The molecule has 1 rings (SSSR count). The second-order valence-corrected chi connectivity index (χ2v) is 2.59. The minimum absolute atomic E-state index is 0.124. The van der Waals surface area contributed by atoms with Gasteiger partial charge in [-0.2, -0.15) is 5.26 Å². The SMILES string of the molecule is N#CCCC(=O)c1ccc(F)cc1. The van der Waals surface area contributed by atoms with Gasteiger partial charge >= 0.3 is 0 Å². The molecule has 0 radical (unpaired) electrons. The molecule has 3 heteroatoms. The van der Waals surface area contributed by atoms with Crippen LogP contribution in [0.5, 0.6) is 0 Å². The Morgan fingerprint density at radius 2 is 2.00 bits per heavy atom. The van der Waals surface area contributed by atoms with Crippen molar-refractivity contribution in [1.29, 1.82) is 5.26 Å². The van der Waals surface area contributed by atoms with E-state index in [1.165, 1.54) is 24.3 Å².